The summed E-state index contributed by atoms with van der Waals surface area (Å²) in [7, 11) is -3.37. The van der Waals surface area contributed by atoms with Gasteiger partial charge >= 0.3 is 0 Å². The van der Waals surface area contributed by atoms with Crippen molar-refractivity contribution in [2.24, 2.45) is 0 Å². The first kappa shape index (κ1) is 11.3. The Morgan fingerprint density at radius 1 is 0.941 bits per heavy atom. The number of halogens is 1. The van der Waals surface area contributed by atoms with Crippen molar-refractivity contribution in [2.45, 2.75) is 19.6 Å². The topological polar surface area (TPSA) is 34.1 Å². The molecule has 0 amide bonds. The second-order valence-corrected chi connectivity index (χ2v) is 7.53. The minimum Gasteiger partial charge on any atom is -0.218 e. The molecule has 0 aromatic heterocycles. The molecule has 86 valence electrons. The SMILES string of the molecule is O=S1(=O)c2ccccc2Sc2ccc(Br)cc21. The molecule has 0 fully saturated rings. The normalized spacial score (nSPS) is 16.1. The molecule has 0 aliphatic carbocycles. The molecule has 0 atom stereocenters. The lowest BCUT2D eigenvalue weighted by molar-refractivity contribution is 0.591. The average Bonchev–Trinajstić information content (AvgIpc) is 2.31. The fraction of sp³-hybridized carbons (Fsp3) is 0. The number of hydrogen-bond acceptors (Lipinski definition) is 3. The molecule has 1 aliphatic heterocycles. The van der Waals surface area contributed by atoms with E-state index in [1.165, 1.54) is 11.8 Å². The molecule has 0 bridgehead atoms. The molecule has 0 N–H and O–H groups in total. The maximum atomic E-state index is 12.4. The van der Waals surface area contributed by atoms with Crippen LogP contribution < -0.4 is 0 Å². The van der Waals surface area contributed by atoms with E-state index in [1.807, 2.05) is 24.3 Å². The van der Waals surface area contributed by atoms with E-state index in [1.54, 1.807) is 18.2 Å². The zero-order chi connectivity index (χ0) is 12.0. The van der Waals surface area contributed by atoms with Crippen LogP contribution in [0.3, 0.4) is 0 Å². The monoisotopic (exact) mass is 326 g/mol. The first-order chi connectivity index (χ1) is 8.09. The molecule has 1 heterocycles. The van der Waals surface area contributed by atoms with Gasteiger partial charge in [-0.15, -0.1) is 0 Å². The molecule has 2 aromatic carbocycles. The lowest BCUT2D eigenvalue weighted by Gasteiger charge is -2.18. The van der Waals surface area contributed by atoms with Gasteiger partial charge in [0.15, 0.2) is 0 Å². The van der Waals surface area contributed by atoms with Crippen molar-refractivity contribution in [3.8, 4) is 0 Å². The molecule has 2 nitrogen and oxygen atoms in total. The van der Waals surface area contributed by atoms with Gasteiger partial charge in [-0.1, -0.05) is 39.8 Å². The minimum atomic E-state index is -3.37. The van der Waals surface area contributed by atoms with Crippen LogP contribution in [0.2, 0.25) is 0 Å². The molecular formula is C12H7BrO2S2. The lowest BCUT2D eigenvalue weighted by atomic mass is 10.3. The maximum Gasteiger partial charge on any atom is 0.208 e. The van der Waals surface area contributed by atoms with Crippen molar-refractivity contribution in [2.75, 3.05) is 0 Å². The number of sulfone groups is 1. The Morgan fingerprint density at radius 2 is 1.65 bits per heavy atom. The van der Waals surface area contributed by atoms with Gasteiger partial charge in [0, 0.05) is 14.3 Å². The summed E-state index contributed by atoms with van der Waals surface area (Å²) in [6, 6.07) is 12.4. The number of hydrogen-bond donors (Lipinski definition) is 0. The molecule has 2 aromatic rings. The van der Waals surface area contributed by atoms with Gasteiger partial charge in [-0.2, -0.15) is 0 Å². The van der Waals surface area contributed by atoms with Gasteiger partial charge in [0.25, 0.3) is 0 Å². The van der Waals surface area contributed by atoms with E-state index in [0.717, 1.165) is 14.3 Å². The van der Waals surface area contributed by atoms with Crippen molar-refractivity contribution in [3.63, 3.8) is 0 Å². The largest absolute Gasteiger partial charge is 0.218 e. The molecule has 5 heteroatoms. The summed E-state index contributed by atoms with van der Waals surface area (Å²) >= 11 is 4.80. The highest BCUT2D eigenvalue weighted by Crippen LogP contribution is 2.44. The maximum absolute atomic E-state index is 12.4. The van der Waals surface area contributed by atoms with Crippen LogP contribution in [0.25, 0.3) is 0 Å². The van der Waals surface area contributed by atoms with Crippen LogP contribution in [0.5, 0.6) is 0 Å². The quantitative estimate of drug-likeness (QED) is 0.631. The van der Waals surface area contributed by atoms with Crippen molar-refractivity contribution >= 4 is 37.5 Å². The van der Waals surface area contributed by atoms with E-state index in [0.29, 0.717) is 9.79 Å². The molecule has 0 saturated heterocycles. The highest BCUT2D eigenvalue weighted by molar-refractivity contribution is 9.10. The molecule has 17 heavy (non-hydrogen) atoms. The Labute approximate surface area is 112 Å². The Morgan fingerprint density at radius 3 is 2.47 bits per heavy atom. The minimum absolute atomic E-state index is 0.385. The van der Waals surface area contributed by atoms with Crippen LogP contribution in [-0.4, -0.2) is 8.42 Å². The molecule has 0 radical (unpaired) electrons. The van der Waals surface area contributed by atoms with Crippen LogP contribution in [0.1, 0.15) is 0 Å². The highest BCUT2D eigenvalue weighted by Gasteiger charge is 2.29. The summed E-state index contributed by atoms with van der Waals surface area (Å²) in [4.78, 5) is 2.36. The lowest BCUT2D eigenvalue weighted by Crippen LogP contribution is -2.08. The van der Waals surface area contributed by atoms with E-state index in [-0.39, 0.29) is 0 Å². The Balaban J connectivity index is 2.36. The summed E-state index contributed by atoms with van der Waals surface area (Å²) < 4.78 is 25.6. The Bertz CT molecular complexity index is 708. The van der Waals surface area contributed by atoms with Crippen LogP contribution in [0.15, 0.2) is 66.5 Å². The summed E-state index contributed by atoms with van der Waals surface area (Å²) in [6.07, 6.45) is 0. The molecule has 1 aliphatic rings. The zero-order valence-electron chi connectivity index (χ0n) is 8.55. The summed E-state index contributed by atoms with van der Waals surface area (Å²) in [5, 5.41) is 0. The third-order valence-electron chi connectivity index (χ3n) is 2.55. The fourth-order valence-corrected chi connectivity index (χ4v) is 5.48. The number of benzene rings is 2. The molecular weight excluding hydrogens is 320 g/mol. The molecule has 3 rings (SSSR count). The Kier molecular flexibility index (Phi) is 2.57. The van der Waals surface area contributed by atoms with Gasteiger partial charge in [0.05, 0.1) is 9.79 Å². The second-order valence-electron chi connectivity index (χ2n) is 3.64. The van der Waals surface area contributed by atoms with E-state index in [2.05, 4.69) is 15.9 Å². The number of rotatable bonds is 0. The fourth-order valence-electron chi connectivity index (χ4n) is 1.77. The third-order valence-corrected chi connectivity index (χ3v) is 6.31. The van der Waals surface area contributed by atoms with Gasteiger partial charge in [0.1, 0.15) is 0 Å². The third kappa shape index (κ3) is 1.73. The summed E-state index contributed by atoms with van der Waals surface area (Å²) in [5.74, 6) is 0. The van der Waals surface area contributed by atoms with Gasteiger partial charge in [-0.25, -0.2) is 8.42 Å². The zero-order valence-corrected chi connectivity index (χ0v) is 11.8. The van der Waals surface area contributed by atoms with Crippen molar-refractivity contribution in [3.05, 3.63) is 46.9 Å². The van der Waals surface area contributed by atoms with Crippen molar-refractivity contribution < 1.29 is 8.42 Å². The van der Waals surface area contributed by atoms with Crippen molar-refractivity contribution in [1.82, 2.24) is 0 Å². The van der Waals surface area contributed by atoms with Gasteiger partial charge in [-0.05, 0) is 30.3 Å². The van der Waals surface area contributed by atoms with Crippen LogP contribution in [0.4, 0.5) is 0 Å². The first-order valence-electron chi connectivity index (χ1n) is 4.90. The molecule has 0 unspecified atom stereocenters. The van der Waals surface area contributed by atoms with Gasteiger partial charge in [-0.3, -0.25) is 0 Å². The molecule has 0 spiro atoms. The predicted octanol–water partition coefficient (Wildman–Crippen LogP) is 3.75. The smallest absolute Gasteiger partial charge is 0.208 e. The van der Waals surface area contributed by atoms with E-state index >= 15 is 0 Å². The second kappa shape index (κ2) is 3.86. The summed E-state index contributed by atoms with van der Waals surface area (Å²) in [6.45, 7) is 0. The van der Waals surface area contributed by atoms with Gasteiger partial charge < -0.3 is 0 Å². The van der Waals surface area contributed by atoms with Crippen LogP contribution in [-0.2, 0) is 9.84 Å². The summed E-state index contributed by atoms with van der Waals surface area (Å²) in [5.41, 5.74) is 0. The van der Waals surface area contributed by atoms with Crippen molar-refractivity contribution in [1.29, 1.82) is 0 Å². The van der Waals surface area contributed by atoms with E-state index < -0.39 is 9.84 Å². The standard InChI is InChI=1S/C12H7BrO2S2/c13-8-5-6-10-12(7-8)17(14,15)11-4-2-1-3-9(11)16-10/h1-7H. The number of fused-ring (bicyclic) bond motifs is 2. The average molecular weight is 327 g/mol. The van der Waals surface area contributed by atoms with Gasteiger partial charge in [0.2, 0.25) is 9.84 Å². The van der Waals surface area contributed by atoms with Crippen LogP contribution >= 0.6 is 27.7 Å². The van der Waals surface area contributed by atoms with E-state index in [4.69, 9.17) is 0 Å². The Hall–Kier alpha value is -0.780. The van der Waals surface area contributed by atoms with E-state index in [9.17, 15) is 8.42 Å². The molecule has 0 saturated carbocycles. The van der Waals surface area contributed by atoms with Crippen LogP contribution in [0, 0.1) is 0 Å². The highest BCUT2D eigenvalue weighted by atomic mass is 79.9. The first-order valence-corrected chi connectivity index (χ1v) is 8.00. The predicted molar refractivity (Wildman–Crippen MR) is 70.2 cm³/mol.